The highest BCUT2D eigenvalue weighted by molar-refractivity contribution is 9.10. The Kier molecular flexibility index (Phi) is 6.38. The molecular weight excluding hydrogens is 464 g/mol. The predicted molar refractivity (Wildman–Crippen MR) is 97.3 cm³/mol. The number of hydrogen-bond acceptors (Lipinski definition) is 3. The van der Waals surface area contributed by atoms with Crippen molar-refractivity contribution in [2.75, 3.05) is 0 Å². The predicted octanol–water partition coefficient (Wildman–Crippen LogP) is 4.75. The number of rotatable bonds is 5. The second kappa shape index (κ2) is 7.92. The Morgan fingerprint density at radius 1 is 1.33 bits per heavy atom. The lowest BCUT2D eigenvalue weighted by molar-refractivity contribution is -0.383. The SMILES string of the molecule is O=C(Cl)c1cc(Br)cc([N+](=O)[O-])c1[Si](Cl)Cc1cc(F)ccc1Cl. The molecule has 1 radical (unpaired) electrons. The van der Waals surface area contributed by atoms with Crippen molar-refractivity contribution in [3.05, 3.63) is 66.9 Å². The molecule has 0 fully saturated rings. The van der Waals surface area contributed by atoms with E-state index in [9.17, 15) is 19.3 Å². The van der Waals surface area contributed by atoms with Crippen molar-refractivity contribution in [1.82, 2.24) is 0 Å². The Hall–Kier alpha value is -0.993. The molecule has 125 valence electrons. The van der Waals surface area contributed by atoms with Gasteiger partial charge in [-0.15, -0.1) is 0 Å². The highest BCUT2D eigenvalue weighted by atomic mass is 79.9. The third-order valence-corrected chi connectivity index (χ3v) is 6.87. The summed E-state index contributed by atoms with van der Waals surface area (Å²) in [4.78, 5) is 22.4. The number of halogens is 5. The molecule has 0 spiro atoms. The molecule has 10 heteroatoms. The summed E-state index contributed by atoms with van der Waals surface area (Å²) in [6.45, 7) is 0. The van der Waals surface area contributed by atoms with Crippen molar-refractivity contribution in [2.24, 2.45) is 0 Å². The lowest BCUT2D eigenvalue weighted by Crippen LogP contribution is -2.34. The third-order valence-electron chi connectivity index (χ3n) is 3.12. The lowest BCUT2D eigenvalue weighted by Gasteiger charge is -2.13. The molecule has 0 saturated carbocycles. The van der Waals surface area contributed by atoms with Crippen molar-refractivity contribution in [3.63, 3.8) is 0 Å². The van der Waals surface area contributed by atoms with Crippen LogP contribution >= 0.6 is 50.2 Å². The van der Waals surface area contributed by atoms with Crippen molar-refractivity contribution >= 4 is 74.4 Å². The van der Waals surface area contributed by atoms with E-state index < -0.39 is 24.1 Å². The van der Waals surface area contributed by atoms with Gasteiger partial charge in [0.2, 0.25) is 8.11 Å². The van der Waals surface area contributed by atoms with Crippen molar-refractivity contribution in [2.45, 2.75) is 6.04 Å². The van der Waals surface area contributed by atoms with Crippen molar-refractivity contribution < 1.29 is 14.1 Å². The fourth-order valence-electron chi connectivity index (χ4n) is 2.11. The van der Waals surface area contributed by atoms with E-state index in [1.54, 1.807) is 0 Å². The number of nitro groups is 1. The first-order chi connectivity index (χ1) is 11.2. The smallest absolute Gasteiger partial charge is 0.271 e. The summed E-state index contributed by atoms with van der Waals surface area (Å²) >= 11 is 21.1. The quantitative estimate of drug-likeness (QED) is 0.208. The van der Waals surface area contributed by atoms with Gasteiger partial charge in [0.15, 0.2) is 0 Å². The maximum absolute atomic E-state index is 13.4. The van der Waals surface area contributed by atoms with Crippen LogP contribution in [0.4, 0.5) is 10.1 Å². The van der Waals surface area contributed by atoms with E-state index in [4.69, 9.17) is 34.3 Å². The molecule has 2 aromatic carbocycles. The largest absolute Gasteiger partial charge is 0.276 e. The molecule has 0 N–H and O–H groups in total. The average Bonchev–Trinajstić information content (AvgIpc) is 2.49. The van der Waals surface area contributed by atoms with E-state index in [0.717, 1.165) is 0 Å². The zero-order chi connectivity index (χ0) is 18.0. The van der Waals surface area contributed by atoms with Gasteiger partial charge in [-0.3, -0.25) is 14.9 Å². The molecule has 0 aromatic heterocycles. The van der Waals surface area contributed by atoms with Crippen LogP contribution in [0.25, 0.3) is 0 Å². The van der Waals surface area contributed by atoms with Crippen LogP contribution in [0.15, 0.2) is 34.8 Å². The zero-order valence-corrected chi connectivity index (χ0v) is 16.5. The summed E-state index contributed by atoms with van der Waals surface area (Å²) in [5.74, 6) is -0.500. The van der Waals surface area contributed by atoms with Gasteiger partial charge in [-0.2, -0.15) is 11.1 Å². The average molecular weight is 471 g/mol. The second-order valence-corrected chi connectivity index (χ2v) is 9.39. The maximum Gasteiger partial charge on any atom is 0.271 e. The number of benzene rings is 2. The Labute approximate surface area is 161 Å². The highest BCUT2D eigenvalue weighted by Crippen LogP contribution is 2.25. The molecule has 0 bridgehead atoms. The van der Waals surface area contributed by atoms with Gasteiger partial charge in [0, 0.05) is 26.3 Å². The summed E-state index contributed by atoms with van der Waals surface area (Å²) < 4.78 is 13.7. The van der Waals surface area contributed by atoms with Crippen LogP contribution in [0.2, 0.25) is 5.02 Å². The molecule has 0 amide bonds. The standard InChI is InChI=1S/C14H7BrCl3FNO3Si/c15-8-4-10(14(17)21)13(12(5-8)20(22)23)24(18)6-7-3-9(19)1-2-11(7)16/h1-5H,6H2. The Balaban J connectivity index is 2.55. The van der Waals surface area contributed by atoms with Crippen LogP contribution < -0.4 is 5.19 Å². The Morgan fingerprint density at radius 3 is 2.58 bits per heavy atom. The normalized spacial score (nSPS) is 10.9. The molecule has 0 saturated heterocycles. The van der Waals surface area contributed by atoms with E-state index in [1.165, 1.54) is 30.3 Å². The molecule has 0 aliphatic carbocycles. The number of nitro benzene ring substituents is 1. The molecule has 0 atom stereocenters. The Bertz CT molecular complexity index is 802. The number of hydrogen-bond donors (Lipinski definition) is 0. The van der Waals surface area contributed by atoms with Crippen LogP contribution in [0.1, 0.15) is 15.9 Å². The second-order valence-electron chi connectivity index (χ2n) is 4.70. The first-order valence-electron chi connectivity index (χ1n) is 6.34. The molecule has 0 heterocycles. The van der Waals surface area contributed by atoms with E-state index in [0.29, 0.717) is 10.0 Å². The lowest BCUT2D eigenvalue weighted by atomic mass is 10.2. The van der Waals surface area contributed by atoms with E-state index in [1.807, 2.05) is 0 Å². The zero-order valence-electron chi connectivity index (χ0n) is 11.7. The Morgan fingerprint density at radius 2 is 2.00 bits per heavy atom. The minimum atomic E-state index is -2.17. The van der Waals surface area contributed by atoms with E-state index in [-0.39, 0.29) is 27.5 Å². The van der Waals surface area contributed by atoms with Crippen LogP contribution in [0.3, 0.4) is 0 Å². The molecule has 0 unspecified atom stereocenters. The van der Waals surface area contributed by atoms with Crippen molar-refractivity contribution in [3.8, 4) is 0 Å². The van der Waals surface area contributed by atoms with Gasteiger partial charge in [0.1, 0.15) is 5.82 Å². The summed E-state index contributed by atoms with van der Waals surface area (Å²) in [6.07, 6.45) is 0. The van der Waals surface area contributed by atoms with Gasteiger partial charge in [0.25, 0.3) is 10.9 Å². The van der Waals surface area contributed by atoms with E-state index in [2.05, 4.69) is 15.9 Å². The van der Waals surface area contributed by atoms with Gasteiger partial charge in [-0.25, -0.2) is 4.39 Å². The number of carbonyl (C=O) groups excluding carboxylic acids is 1. The molecule has 24 heavy (non-hydrogen) atoms. The minimum Gasteiger partial charge on any atom is -0.276 e. The van der Waals surface area contributed by atoms with E-state index >= 15 is 0 Å². The van der Waals surface area contributed by atoms with Crippen molar-refractivity contribution in [1.29, 1.82) is 0 Å². The molecule has 4 nitrogen and oxygen atoms in total. The van der Waals surface area contributed by atoms with Crippen LogP contribution in [-0.2, 0) is 6.04 Å². The first-order valence-corrected chi connectivity index (χ1v) is 10.6. The topological polar surface area (TPSA) is 60.2 Å². The number of carbonyl (C=O) groups is 1. The van der Waals surface area contributed by atoms with Gasteiger partial charge < -0.3 is 0 Å². The maximum atomic E-state index is 13.4. The minimum absolute atomic E-state index is 0.0471. The molecular formula is C14H7BrCl3FNO3Si. The van der Waals surface area contributed by atoms with Crippen LogP contribution in [-0.4, -0.2) is 18.3 Å². The van der Waals surface area contributed by atoms with Gasteiger partial charge in [0.05, 0.1) is 4.92 Å². The molecule has 2 aromatic rings. The summed E-state index contributed by atoms with van der Waals surface area (Å²) in [6, 6.07) is 6.49. The monoisotopic (exact) mass is 468 g/mol. The first kappa shape index (κ1) is 19.3. The molecule has 0 aliphatic heterocycles. The summed E-state index contributed by atoms with van der Waals surface area (Å²) in [5, 5.41) is 10.8. The van der Waals surface area contributed by atoms with Gasteiger partial charge in [-0.1, -0.05) is 27.5 Å². The third kappa shape index (κ3) is 4.34. The fourth-order valence-corrected chi connectivity index (χ4v) is 5.83. The summed E-state index contributed by atoms with van der Waals surface area (Å²) in [7, 11) is -2.17. The van der Waals surface area contributed by atoms with Crippen LogP contribution in [0, 0.1) is 15.9 Å². The fraction of sp³-hybridized carbons (Fsp3) is 0.0714. The summed E-state index contributed by atoms with van der Waals surface area (Å²) in [5.41, 5.74) is 0.0460. The number of nitrogens with zero attached hydrogens (tertiary/aromatic N) is 1. The van der Waals surface area contributed by atoms with Gasteiger partial charge in [-0.05, 0) is 47.5 Å². The molecule has 0 aliphatic rings. The van der Waals surface area contributed by atoms with Crippen LogP contribution in [0.5, 0.6) is 0 Å². The van der Waals surface area contributed by atoms with Gasteiger partial charge >= 0.3 is 0 Å². The molecule has 2 rings (SSSR count). The highest BCUT2D eigenvalue weighted by Gasteiger charge is 2.30.